The summed E-state index contributed by atoms with van der Waals surface area (Å²) in [6, 6.07) is 8.37. The number of para-hydroxylation sites is 1. The Morgan fingerprint density at radius 2 is 2.07 bits per heavy atom. The van der Waals surface area contributed by atoms with Gasteiger partial charge in [0.15, 0.2) is 6.79 Å². The van der Waals surface area contributed by atoms with Gasteiger partial charge in [0, 0.05) is 18.7 Å². The summed E-state index contributed by atoms with van der Waals surface area (Å²) in [4.78, 5) is 0. The lowest BCUT2D eigenvalue weighted by Crippen LogP contribution is -2.16. The lowest BCUT2D eigenvalue weighted by atomic mass is 10.0. The Morgan fingerprint density at radius 1 is 1.33 bits per heavy atom. The van der Waals surface area contributed by atoms with Crippen molar-refractivity contribution >= 4 is 0 Å². The molecule has 0 bridgehead atoms. The lowest BCUT2D eigenvalue weighted by molar-refractivity contribution is 0.0500. The van der Waals surface area contributed by atoms with Crippen LogP contribution in [0.25, 0.3) is 0 Å². The number of methoxy groups -OCH3 is 1. The summed E-state index contributed by atoms with van der Waals surface area (Å²) < 4.78 is 10.4. The summed E-state index contributed by atoms with van der Waals surface area (Å²) in [5.41, 5.74) is 1.18. The van der Waals surface area contributed by atoms with Gasteiger partial charge < -0.3 is 14.8 Å². The fourth-order valence-corrected chi connectivity index (χ4v) is 1.60. The highest BCUT2D eigenvalue weighted by atomic mass is 16.7. The third-order valence-electron chi connectivity index (χ3n) is 2.38. The van der Waals surface area contributed by atoms with E-state index in [0.717, 1.165) is 12.2 Å². The normalized spacial score (nSPS) is 12.5. The van der Waals surface area contributed by atoms with Gasteiger partial charge in [-0.1, -0.05) is 25.1 Å². The van der Waals surface area contributed by atoms with E-state index in [-0.39, 0.29) is 6.79 Å². The van der Waals surface area contributed by atoms with Gasteiger partial charge in [-0.05, 0) is 19.5 Å². The molecule has 1 N–H and O–H groups in total. The number of ether oxygens (including phenoxy) is 2. The van der Waals surface area contributed by atoms with Gasteiger partial charge in [0.2, 0.25) is 0 Å². The fourth-order valence-electron chi connectivity index (χ4n) is 1.60. The third-order valence-corrected chi connectivity index (χ3v) is 2.38. The molecule has 1 atom stereocenters. The molecule has 3 nitrogen and oxygen atoms in total. The van der Waals surface area contributed by atoms with Crippen molar-refractivity contribution in [3.05, 3.63) is 29.8 Å². The van der Waals surface area contributed by atoms with Gasteiger partial charge in [0.1, 0.15) is 5.75 Å². The maximum absolute atomic E-state index is 5.51. The Morgan fingerprint density at radius 3 is 2.67 bits per heavy atom. The Kier molecular flexibility index (Phi) is 5.15. The van der Waals surface area contributed by atoms with E-state index >= 15 is 0 Å². The summed E-state index contributed by atoms with van der Waals surface area (Å²) in [5.74, 6) is 0.889. The first-order valence-corrected chi connectivity index (χ1v) is 5.21. The standard InChI is InChI=1S/C12H19NO2/c1-4-11(13-2)10-7-5-6-8-12(10)15-9-14-3/h5-8,11,13H,4,9H2,1-3H3. The van der Waals surface area contributed by atoms with Crippen LogP contribution in [0.3, 0.4) is 0 Å². The molecule has 0 heterocycles. The SMILES string of the molecule is CCC(NC)c1ccccc1OCOC. The van der Waals surface area contributed by atoms with E-state index in [1.54, 1.807) is 7.11 Å². The zero-order valence-corrected chi connectivity index (χ0v) is 9.62. The fraction of sp³-hybridized carbons (Fsp3) is 0.500. The van der Waals surface area contributed by atoms with E-state index in [1.165, 1.54) is 5.56 Å². The number of hydrogen-bond acceptors (Lipinski definition) is 3. The van der Waals surface area contributed by atoms with Crippen LogP contribution in [0.4, 0.5) is 0 Å². The number of rotatable bonds is 6. The van der Waals surface area contributed by atoms with Gasteiger partial charge in [-0.2, -0.15) is 0 Å². The highest BCUT2D eigenvalue weighted by Gasteiger charge is 2.11. The Bertz CT molecular complexity index is 285. The van der Waals surface area contributed by atoms with E-state index in [4.69, 9.17) is 9.47 Å². The van der Waals surface area contributed by atoms with Gasteiger partial charge in [-0.3, -0.25) is 0 Å². The Balaban J connectivity index is 2.84. The molecule has 3 heteroatoms. The molecule has 0 fully saturated rings. The molecular formula is C12H19NO2. The number of nitrogens with one attached hydrogen (secondary N) is 1. The van der Waals surface area contributed by atoms with Crippen molar-refractivity contribution in [1.29, 1.82) is 0 Å². The monoisotopic (exact) mass is 209 g/mol. The van der Waals surface area contributed by atoms with Crippen molar-refractivity contribution in [3.63, 3.8) is 0 Å². The highest BCUT2D eigenvalue weighted by molar-refractivity contribution is 5.35. The second-order valence-electron chi connectivity index (χ2n) is 3.34. The van der Waals surface area contributed by atoms with Crippen LogP contribution in [-0.4, -0.2) is 21.0 Å². The lowest BCUT2D eigenvalue weighted by Gasteiger charge is -2.18. The van der Waals surface area contributed by atoms with Crippen LogP contribution in [0.2, 0.25) is 0 Å². The zero-order valence-electron chi connectivity index (χ0n) is 9.62. The molecule has 0 aliphatic rings. The second kappa shape index (κ2) is 6.43. The van der Waals surface area contributed by atoms with Gasteiger partial charge in [-0.15, -0.1) is 0 Å². The predicted octanol–water partition coefficient (Wildman–Crippen LogP) is 2.34. The molecule has 0 aliphatic carbocycles. The van der Waals surface area contributed by atoms with E-state index in [2.05, 4.69) is 18.3 Å². The van der Waals surface area contributed by atoms with Crippen molar-refractivity contribution in [3.8, 4) is 5.75 Å². The molecule has 0 spiro atoms. The molecule has 15 heavy (non-hydrogen) atoms. The molecule has 0 amide bonds. The van der Waals surface area contributed by atoms with Crippen LogP contribution in [0, 0.1) is 0 Å². The molecule has 1 aromatic carbocycles. The second-order valence-corrected chi connectivity index (χ2v) is 3.34. The minimum Gasteiger partial charge on any atom is -0.467 e. The van der Waals surface area contributed by atoms with Crippen LogP contribution >= 0.6 is 0 Å². The predicted molar refractivity (Wildman–Crippen MR) is 61.0 cm³/mol. The zero-order chi connectivity index (χ0) is 11.1. The summed E-state index contributed by atoms with van der Waals surface area (Å²) in [5, 5.41) is 3.26. The molecule has 0 aliphatic heterocycles. The average Bonchev–Trinajstić information content (AvgIpc) is 2.29. The summed E-state index contributed by atoms with van der Waals surface area (Å²) in [7, 11) is 3.58. The van der Waals surface area contributed by atoms with E-state index in [1.807, 2.05) is 25.2 Å². The van der Waals surface area contributed by atoms with Gasteiger partial charge in [0.05, 0.1) is 0 Å². The summed E-state index contributed by atoms with van der Waals surface area (Å²) >= 11 is 0. The van der Waals surface area contributed by atoms with Crippen molar-refractivity contribution in [2.45, 2.75) is 19.4 Å². The minimum absolute atomic E-state index is 0.289. The quantitative estimate of drug-likeness (QED) is 0.729. The Labute approximate surface area is 91.4 Å². The molecule has 1 rings (SSSR count). The van der Waals surface area contributed by atoms with E-state index < -0.39 is 0 Å². The highest BCUT2D eigenvalue weighted by Crippen LogP contribution is 2.26. The van der Waals surface area contributed by atoms with Gasteiger partial charge in [-0.25, -0.2) is 0 Å². The molecule has 0 saturated heterocycles. The van der Waals surface area contributed by atoms with Crippen LogP contribution < -0.4 is 10.1 Å². The summed E-state index contributed by atoms with van der Waals surface area (Å²) in [6.07, 6.45) is 1.03. The molecule has 1 unspecified atom stereocenters. The topological polar surface area (TPSA) is 30.5 Å². The van der Waals surface area contributed by atoms with Crippen molar-refractivity contribution in [1.82, 2.24) is 5.32 Å². The first kappa shape index (κ1) is 12.0. The van der Waals surface area contributed by atoms with Crippen LogP contribution in [0.5, 0.6) is 5.75 Å². The smallest absolute Gasteiger partial charge is 0.188 e. The molecule has 0 aromatic heterocycles. The number of hydrogen-bond donors (Lipinski definition) is 1. The van der Waals surface area contributed by atoms with Crippen molar-refractivity contribution in [2.75, 3.05) is 21.0 Å². The summed E-state index contributed by atoms with van der Waals surface area (Å²) in [6.45, 7) is 2.44. The van der Waals surface area contributed by atoms with Crippen molar-refractivity contribution < 1.29 is 9.47 Å². The maximum Gasteiger partial charge on any atom is 0.188 e. The third kappa shape index (κ3) is 3.22. The number of benzene rings is 1. The largest absolute Gasteiger partial charge is 0.467 e. The van der Waals surface area contributed by atoms with Gasteiger partial charge >= 0.3 is 0 Å². The van der Waals surface area contributed by atoms with Crippen LogP contribution in [0.15, 0.2) is 24.3 Å². The molecule has 0 radical (unpaired) electrons. The molecular weight excluding hydrogens is 190 g/mol. The molecule has 0 saturated carbocycles. The first-order chi connectivity index (χ1) is 7.33. The first-order valence-electron chi connectivity index (χ1n) is 5.21. The average molecular weight is 209 g/mol. The molecule has 84 valence electrons. The Hall–Kier alpha value is -1.06. The van der Waals surface area contributed by atoms with Gasteiger partial charge in [0.25, 0.3) is 0 Å². The van der Waals surface area contributed by atoms with E-state index in [9.17, 15) is 0 Å². The van der Waals surface area contributed by atoms with Crippen LogP contribution in [-0.2, 0) is 4.74 Å². The van der Waals surface area contributed by atoms with Crippen molar-refractivity contribution in [2.24, 2.45) is 0 Å². The van der Waals surface area contributed by atoms with Crippen LogP contribution in [0.1, 0.15) is 24.9 Å². The maximum atomic E-state index is 5.51. The minimum atomic E-state index is 0.289. The van der Waals surface area contributed by atoms with E-state index in [0.29, 0.717) is 6.04 Å². The molecule has 1 aromatic rings.